The predicted molar refractivity (Wildman–Crippen MR) is 160 cm³/mol. The van der Waals surface area contributed by atoms with E-state index in [0.29, 0.717) is 38.2 Å². The van der Waals surface area contributed by atoms with Crippen LogP contribution in [-0.4, -0.2) is 97.8 Å². The number of imidazole rings is 1. The number of rotatable bonds is 9. The van der Waals surface area contributed by atoms with Gasteiger partial charge in [-0.25, -0.2) is 19.3 Å². The van der Waals surface area contributed by atoms with Crippen LogP contribution in [0.25, 0.3) is 5.65 Å². The third kappa shape index (κ3) is 7.56. The lowest BCUT2D eigenvalue weighted by Crippen LogP contribution is -2.52. The molecular weight excluding hydrogens is 538 g/mol. The summed E-state index contributed by atoms with van der Waals surface area (Å²) in [5.74, 6) is 1.06. The number of amides is 2. The van der Waals surface area contributed by atoms with Gasteiger partial charge < -0.3 is 29.9 Å². The van der Waals surface area contributed by atoms with Crippen LogP contribution >= 0.6 is 0 Å². The summed E-state index contributed by atoms with van der Waals surface area (Å²) in [7, 11) is 1.58. The summed E-state index contributed by atoms with van der Waals surface area (Å²) in [5.41, 5.74) is 8.93. The first kappa shape index (κ1) is 30.8. The van der Waals surface area contributed by atoms with Crippen LogP contribution in [0, 0.1) is 6.92 Å². The zero-order valence-electron chi connectivity index (χ0n) is 25.8. The fourth-order valence-electron chi connectivity index (χ4n) is 4.88. The van der Waals surface area contributed by atoms with Crippen molar-refractivity contribution >= 4 is 29.3 Å². The fourth-order valence-corrected chi connectivity index (χ4v) is 4.88. The molecule has 4 heterocycles. The summed E-state index contributed by atoms with van der Waals surface area (Å²) in [6, 6.07) is 2.35. The maximum Gasteiger partial charge on any atom is 0.410 e. The van der Waals surface area contributed by atoms with Crippen molar-refractivity contribution < 1.29 is 19.1 Å². The molecule has 0 saturated carbocycles. The number of aryl methyl sites for hydroxylation is 1. The number of ether oxygens (including phenoxy) is 2. The van der Waals surface area contributed by atoms with Crippen molar-refractivity contribution in [3.8, 4) is 6.01 Å². The van der Waals surface area contributed by atoms with Crippen molar-refractivity contribution in [2.75, 3.05) is 50.4 Å². The van der Waals surface area contributed by atoms with Gasteiger partial charge in [0.1, 0.15) is 18.0 Å². The molecule has 4 rings (SSSR count). The van der Waals surface area contributed by atoms with E-state index in [2.05, 4.69) is 33.0 Å². The lowest BCUT2D eigenvalue weighted by Gasteiger charge is -2.36. The number of fused-ring (bicyclic) bond motifs is 1. The quantitative estimate of drug-likeness (QED) is 0.400. The topological polar surface area (TPSA) is 144 Å². The SMILES string of the molecule is CCC[C@H](C)Oc1nc(N)c2ncc(Cc3cnc(N4CCN(C(=O)CN(C)C(=O)OC(C)(C)C)CC4)c(C)c3)n2n1. The number of piperazine rings is 1. The lowest BCUT2D eigenvalue weighted by atomic mass is 10.1. The molecule has 13 nitrogen and oxygen atoms in total. The molecule has 42 heavy (non-hydrogen) atoms. The molecule has 1 fully saturated rings. The molecule has 1 atom stereocenters. The van der Waals surface area contributed by atoms with Crippen LogP contribution < -0.4 is 15.4 Å². The number of likely N-dealkylation sites (N-methyl/N-ethyl adjacent to an activating group) is 1. The summed E-state index contributed by atoms with van der Waals surface area (Å²) >= 11 is 0. The molecular formula is C29H43N9O4. The van der Waals surface area contributed by atoms with Crippen molar-refractivity contribution in [1.29, 1.82) is 0 Å². The number of nitrogens with two attached hydrogens (primary N) is 1. The second-order valence-corrected chi connectivity index (χ2v) is 11.8. The summed E-state index contributed by atoms with van der Waals surface area (Å²) in [5, 5.41) is 4.54. The van der Waals surface area contributed by atoms with E-state index in [0.717, 1.165) is 35.5 Å². The molecule has 3 aromatic heterocycles. The van der Waals surface area contributed by atoms with Crippen molar-refractivity contribution in [2.24, 2.45) is 0 Å². The van der Waals surface area contributed by atoms with Crippen molar-refractivity contribution in [1.82, 2.24) is 34.4 Å². The Labute approximate surface area is 247 Å². The van der Waals surface area contributed by atoms with Gasteiger partial charge in [-0.05, 0) is 52.2 Å². The van der Waals surface area contributed by atoms with Gasteiger partial charge in [0.05, 0.1) is 18.0 Å². The van der Waals surface area contributed by atoms with Gasteiger partial charge in [0.15, 0.2) is 11.5 Å². The van der Waals surface area contributed by atoms with Crippen LogP contribution in [0.4, 0.5) is 16.4 Å². The fraction of sp³-hybridized carbons (Fsp3) is 0.586. The molecule has 1 aliphatic rings. The van der Waals surface area contributed by atoms with Gasteiger partial charge >= 0.3 is 12.1 Å². The van der Waals surface area contributed by atoms with Gasteiger partial charge in [-0.1, -0.05) is 19.4 Å². The highest BCUT2D eigenvalue weighted by Gasteiger charge is 2.26. The Kier molecular flexibility index (Phi) is 9.37. The molecule has 13 heteroatoms. The van der Waals surface area contributed by atoms with Crippen LogP contribution in [0.5, 0.6) is 6.01 Å². The second kappa shape index (κ2) is 12.8. The highest BCUT2D eigenvalue weighted by atomic mass is 16.6. The number of carbonyl (C=O) groups is 2. The van der Waals surface area contributed by atoms with E-state index < -0.39 is 11.7 Å². The van der Waals surface area contributed by atoms with Gasteiger partial charge in [0.2, 0.25) is 5.91 Å². The molecule has 228 valence electrons. The highest BCUT2D eigenvalue weighted by molar-refractivity contribution is 5.82. The predicted octanol–water partition coefficient (Wildman–Crippen LogP) is 3.08. The van der Waals surface area contributed by atoms with Gasteiger partial charge in [-0.15, -0.1) is 5.10 Å². The van der Waals surface area contributed by atoms with Crippen LogP contribution in [0.1, 0.15) is 64.3 Å². The third-order valence-corrected chi connectivity index (χ3v) is 6.94. The van der Waals surface area contributed by atoms with Crippen LogP contribution in [0.3, 0.4) is 0 Å². The molecule has 0 radical (unpaired) electrons. The molecule has 0 unspecified atom stereocenters. The number of hydrogen-bond donors (Lipinski definition) is 1. The standard InChI is InChI=1S/C29H43N9O4/c1-8-9-20(3)41-27-33-24(30)26-32-17-22(38(26)34-27)15-21-14-19(2)25(31-16-21)37-12-10-36(11-13-37)23(39)18-35(7)28(40)42-29(4,5)6/h14,16-17,20H,8-13,15,18H2,1-7H3,(H2,30,33,34)/t20-/m0/s1. The van der Waals surface area contributed by atoms with E-state index in [-0.39, 0.29) is 30.4 Å². The average molecular weight is 582 g/mol. The summed E-state index contributed by atoms with van der Waals surface area (Å²) in [6.07, 6.45) is 5.54. The molecule has 2 amide bonds. The molecule has 1 aliphatic heterocycles. The van der Waals surface area contributed by atoms with E-state index in [1.54, 1.807) is 43.4 Å². The Balaban J connectivity index is 1.37. The van der Waals surface area contributed by atoms with Gasteiger partial charge in [-0.2, -0.15) is 4.98 Å². The third-order valence-electron chi connectivity index (χ3n) is 6.94. The zero-order chi connectivity index (χ0) is 30.6. The summed E-state index contributed by atoms with van der Waals surface area (Å²) in [4.78, 5) is 43.8. The van der Waals surface area contributed by atoms with Gasteiger partial charge in [0.25, 0.3) is 0 Å². The second-order valence-electron chi connectivity index (χ2n) is 11.8. The Morgan fingerprint density at radius 3 is 2.50 bits per heavy atom. The van der Waals surface area contributed by atoms with E-state index in [1.807, 2.05) is 20.0 Å². The largest absolute Gasteiger partial charge is 0.459 e. The van der Waals surface area contributed by atoms with Gasteiger partial charge in [-0.3, -0.25) is 4.79 Å². The number of anilines is 2. The Bertz CT molecular complexity index is 1410. The number of nitrogen functional groups attached to an aromatic ring is 1. The number of carbonyl (C=O) groups excluding carboxylic acids is 2. The molecule has 2 N–H and O–H groups in total. The normalized spacial score (nSPS) is 14.6. The van der Waals surface area contributed by atoms with Crippen LogP contribution in [-0.2, 0) is 16.0 Å². The summed E-state index contributed by atoms with van der Waals surface area (Å²) < 4.78 is 12.9. The Morgan fingerprint density at radius 1 is 1.14 bits per heavy atom. The van der Waals surface area contributed by atoms with Crippen molar-refractivity contribution in [3.63, 3.8) is 0 Å². The molecule has 0 spiro atoms. The van der Waals surface area contributed by atoms with E-state index in [4.69, 9.17) is 20.2 Å². The number of aromatic nitrogens is 5. The molecule has 0 bridgehead atoms. The number of pyridine rings is 1. The minimum Gasteiger partial charge on any atom is -0.459 e. The first-order valence-corrected chi connectivity index (χ1v) is 14.4. The lowest BCUT2D eigenvalue weighted by molar-refractivity contribution is -0.132. The van der Waals surface area contributed by atoms with E-state index in [9.17, 15) is 9.59 Å². The minimum absolute atomic E-state index is 0.0169. The number of hydrogen-bond acceptors (Lipinski definition) is 10. The molecule has 1 saturated heterocycles. The summed E-state index contributed by atoms with van der Waals surface area (Å²) in [6.45, 7) is 13.9. The smallest absolute Gasteiger partial charge is 0.410 e. The van der Waals surface area contributed by atoms with E-state index >= 15 is 0 Å². The van der Waals surface area contributed by atoms with Gasteiger partial charge in [0, 0.05) is 45.8 Å². The zero-order valence-corrected chi connectivity index (χ0v) is 25.8. The van der Waals surface area contributed by atoms with Crippen molar-refractivity contribution in [3.05, 3.63) is 35.3 Å². The molecule has 0 aliphatic carbocycles. The number of nitrogens with zero attached hydrogens (tertiary/aromatic N) is 8. The van der Waals surface area contributed by atoms with Crippen LogP contribution in [0.2, 0.25) is 0 Å². The average Bonchev–Trinajstić information content (AvgIpc) is 3.31. The van der Waals surface area contributed by atoms with E-state index in [1.165, 1.54) is 4.90 Å². The first-order chi connectivity index (χ1) is 19.8. The Morgan fingerprint density at radius 2 is 1.86 bits per heavy atom. The Hall–Kier alpha value is -4.16. The monoisotopic (exact) mass is 581 g/mol. The maximum atomic E-state index is 12.8. The highest BCUT2D eigenvalue weighted by Crippen LogP contribution is 2.23. The maximum absolute atomic E-state index is 12.8. The molecule has 0 aromatic carbocycles. The molecule has 3 aromatic rings. The minimum atomic E-state index is -0.610. The first-order valence-electron chi connectivity index (χ1n) is 14.4. The van der Waals surface area contributed by atoms with Crippen molar-refractivity contribution in [2.45, 2.75) is 72.5 Å². The van der Waals surface area contributed by atoms with Crippen LogP contribution in [0.15, 0.2) is 18.5 Å².